The highest BCUT2D eigenvalue weighted by molar-refractivity contribution is 6.19. The van der Waals surface area contributed by atoms with Gasteiger partial charge in [0.05, 0.1) is 11.2 Å². The third-order valence-electron chi connectivity index (χ3n) is 1.99. The van der Waals surface area contributed by atoms with E-state index in [1.54, 1.807) is 6.33 Å². The summed E-state index contributed by atoms with van der Waals surface area (Å²) in [6, 6.07) is 5.94. The third kappa shape index (κ3) is 1.25. The van der Waals surface area contributed by atoms with E-state index in [1.165, 1.54) is 4.09 Å². The number of imidazole rings is 1. The van der Waals surface area contributed by atoms with Gasteiger partial charge in [0, 0.05) is 25.9 Å². The first-order valence-electron chi connectivity index (χ1n) is 3.99. The lowest BCUT2D eigenvalue weighted by molar-refractivity contribution is 1.14. The van der Waals surface area contributed by atoms with Gasteiger partial charge in [0.2, 0.25) is 0 Å². The van der Waals surface area contributed by atoms with E-state index in [0.29, 0.717) is 0 Å². The molecule has 0 atom stereocenters. The average Bonchev–Trinajstić information content (AvgIpc) is 2.48. The summed E-state index contributed by atoms with van der Waals surface area (Å²) in [6.07, 6.45) is 1.61. The van der Waals surface area contributed by atoms with Crippen LogP contribution in [0.5, 0.6) is 0 Å². The maximum atomic E-state index is 5.88. The van der Waals surface area contributed by atoms with Crippen LogP contribution < -0.4 is 4.90 Å². The van der Waals surface area contributed by atoms with Gasteiger partial charge in [-0.2, -0.15) is 0 Å². The lowest BCUT2D eigenvalue weighted by atomic mass is 10.2. The number of rotatable bonds is 1. The van der Waals surface area contributed by atoms with Crippen molar-refractivity contribution in [1.29, 1.82) is 0 Å². The van der Waals surface area contributed by atoms with Crippen LogP contribution in [0.4, 0.5) is 5.69 Å². The summed E-state index contributed by atoms with van der Waals surface area (Å²) >= 11 is 5.88. The van der Waals surface area contributed by atoms with Crippen molar-refractivity contribution >= 4 is 28.5 Å². The minimum absolute atomic E-state index is 0.933. The Balaban J connectivity index is 2.77. The van der Waals surface area contributed by atoms with Crippen LogP contribution in [0, 0.1) is 0 Å². The Bertz CT molecular complexity index is 433. The average molecular weight is 196 g/mol. The molecule has 0 radical (unpaired) electrons. The molecule has 0 saturated carbocycles. The molecule has 4 heteroatoms. The van der Waals surface area contributed by atoms with E-state index >= 15 is 0 Å². The van der Waals surface area contributed by atoms with Gasteiger partial charge in [0.25, 0.3) is 0 Å². The van der Waals surface area contributed by atoms with Crippen molar-refractivity contribution in [3.8, 4) is 0 Å². The molecule has 0 unspecified atom stereocenters. The van der Waals surface area contributed by atoms with Gasteiger partial charge in [-0.25, -0.2) is 9.07 Å². The minimum Gasteiger partial charge on any atom is -0.376 e. The number of benzene rings is 1. The Labute approximate surface area is 81.7 Å². The summed E-state index contributed by atoms with van der Waals surface area (Å²) in [4.78, 5) is 6.25. The number of aromatic nitrogens is 2. The molecule has 2 rings (SSSR count). The van der Waals surface area contributed by atoms with Gasteiger partial charge in [0.1, 0.15) is 11.8 Å². The molecule has 1 aromatic carbocycles. The van der Waals surface area contributed by atoms with E-state index in [1.807, 2.05) is 37.2 Å². The van der Waals surface area contributed by atoms with Crippen LogP contribution >= 0.6 is 11.8 Å². The topological polar surface area (TPSA) is 21.1 Å². The molecule has 1 aromatic heterocycles. The SMILES string of the molecule is CN(C)c1cccc2c1ncn2Cl. The predicted octanol–water partition coefficient (Wildman–Crippen LogP) is 2.10. The Morgan fingerprint density at radius 1 is 1.38 bits per heavy atom. The summed E-state index contributed by atoms with van der Waals surface area (Å²) in [6.45, 7) is 0. The number of fused-ring (bicyclic) bond motifs is 1. The van der Waals surface area contributed by atoms with Gasteiger partial charge in [-0.1, -0.05) is 6.07 Å². The van der Waals surface area contributed by atoms with Crippen LogP contribution in [0.3, 0.4) is 0 Å². The molecule has 13 heavy (non-hydrogen) atoms. The predicted molar refractivity (Wildman–Crippen MR) is 55.3 cm³/mol. The molecule has 2 aromatic rings. The quantitative estimate of drug-likeness (QED) is 0.695. The second kappa shape index (κ2) is 2.92. The molecule has 0 saturated heterocycles. The number of para-hydroxylation sites is 1. The van der Waals surface area contributed by atoms with Crippen molar-refractivity contribution in [1.82, 2.24) is 9.07 Å². The van der Waals surface area contributed by atoms with Crippen molar-refractivity contribution in [2.75, 3.05) is 19.0 Å². The molecule has 0 aliphatic rings. The van der Waals surface area contributed by atoms with Gasteiger partial charge in [-0.3, -0.25) is 0 Å². The zero-order chi connectivity index (χ0) is 9.42. The summed E-state index contributed by atoms with van der Waals surface area (Å²) < 4.78 is 1.50. The standard InChI is InChI=1S/C9H10ClN3/c1-12(2)7-4-3-5-8-9(7)11-6-13(8)10/h3-6H,1-2H3. The fourth-order valence-electron chi connectivity index (χ4n) is 1.36. The summed E-state index contributed by atoms with van der Waals surface area (Å²) in [5.74, 6) is 0. The largest absolute Gasteiger partial charge is 0.376 e. The highest BCUT2D eigenvalue weighted by Crippen LogP contribution is 2.24. The Morgan fingerprint density at radius 2 is 2.15 bits per heavy atom. The van der Waals surface area contributed by atoms with Crippen LogP contribution in [-0.4, -0.2) is 23.2 Å². The number of anilines is 1. The summed E-state index contributed by atoms with van der Waals surface area (Å²) in [7, 11) is 3.98. The lowest BCUT2D eigenvalue weighted by Crippen LogP contribution is -2.08. The Morgan fingerprint density at radius 3 is 2.85 bits per heavy atom. The van der Waals surface area contributed by atoms with E-state index in [2.05, 4.69) is 4.98 Å². The molecule has 68 valence electrons. The molecular weight excluding hydrogens is 186 g/mol. The van der Waals surface area contributed by atoms with Crippen molar-refractivity contribution in [2.24, 2.45) is 0 Å². The van der Waals surface area contributed by atoms with Crippen LogP contribution in [0.15, 0.2) is 24.5 Å². The third-order valence-corrected chi connectivity index (χ3v) is 2.26. The first-order valence-corrected chi connectivity index (χ1v) is 4.33. The van der Waals surface area contributed by atoms with Gasteiger partial charge >= 0.3 is 0 Å². The number of hydrogen-bond acceptors (Lipinski definition) is 2. The molecule has 0 fully saturated rings. The van der Waals surface area contributed by atoms with Gasteiger partial charge < -0.3 is 4.90 Å². The molecule has 0 aliphatic carbocycles. The Kier molecular flexibility index (Phi) is 1.88. The second-order valence-electron chi connectivity index (χ2n) is 3.10. The van der Waals surface area contributed by atoms with E-state index in [-0.39, 0.29) is 0 Å². The maximum Gasteiger partial charge on any atom is 0.113 e. The van der Waals surface area contributed by atoms with Gasteiger partial charge in [-0.05, 0) is 12.1 Å². The van der Waals surface area contributed by atoms with Crippen LogP contribution in [0.1, 0.15) is 0 Å². The molecule has 0 amide bonds. The van der Waals surface area contributed by atoms with Crippen molar-refractivity contribution in [3.05, 3.63) is 24.5 Å². The summed E-state index contributed by atoms with van der Waals surface area (Å²) in [5.41, 5.74) is 2.95. The zero-order valence-corrected chi connectivity index (χ0v) is 8.28. The summed E-state index contributed by atoms with van der Waals surface area (Å²) in [5, 5.41) is 0. The number of hydrogen-bond donors (Lipinski definition) is 0. The maximum absolute atomic E-state index is 5.88. The molecule has 0 spiro atoms. The monoisotopic (exact) mass is 195 g/mol. The fraction of sp³-hybridized carbons (Fsp3) is 0.222. The highest BCUT2D eigenvalue weighted by Gasteiger charge is 2.06. The van der Waals surface area contributed by atoms with Crippen molar-refractivity contribution < 1.29 is 0 Å². The fourth-order valence-corrected chi connectivity index (χ4v) is 1.54. The zero-order valence-electron chi connectivity index (χ0n) is 7.53. The van der Waals surface area contributed by atoms with E-state index in [0.717, 1.165) is 16.7 Å². The van der Waals surface area contributed by atoms with E-state index < -0.39 is 0 Å². The molecule has 0 bridgehead atoms. The molecular formula is C9H10ClN3. The lowest BCUT2D eigenvalue weighted by Gasteiger charge is -2.12. The molecule has 3 nitrogen and oxygen atoms in total. The molecule has 1 heterocycles. The van der Waals surface area contributed by atoms with Gasteiger partial charge in [-0.15, -0.1) is 0 Å². The van der Waals surface area contributed by atoms with Crippen molar-refractivity contribution in [3.63, 3.8) is 0 Å². The van der Waals surface area contributed by atoms with Crippen LogP contribution in [0.25, 0.3) is 11.0 Å². The van der Waals surface area contributed by atoms with E-state index in [4.69, 9.17) is 11.8 Å². The number of nitrogens with zero attached hydrogens (tertiary/aromatic N) is 3. The van der Waals surface area contributed by atoms with Gasteiger partial charge in [0.15, 0.2) is 0 Å². The molecule has 0 N–H and O–H groups in total. The Hall–Kier alpha value is -1.22. The van der Waals surface area contributed by atoms with Crippen molar-refractivity contribution in [2.45, 2.75) is 0 Å². The normalized spacial score (nSPS) is 10.7. The minimum atomic E-state index is 0.933. The second-order valence-corrected chi connectivity index (χ2v) is 3.46. The first kappa shape index (κ1) is 8.38. The smallest absolute Gasteiger partial charge is 0.113 e. The van der Waals surface area contributed by atoms with Crippen LogP contribution in [-0.2, 0) is 0 Å². The van der Waals surface area contributed by atoms with Crippen LogP contribution in [0.2, 0.25) is 0 Å². The molecule has 0 aliphatic heterocycles. The first-order chi connectivity index (χ1) is 6.20. The van der Waals surface area contributed by atoms with E-state index in [9.17, 15) is 0 Å². The highest BCUT2D eigenvalue weighted by atomic mass is 35.5. The number of halogens is 1.